The number of methoxy groups -OCH3 is 1. The second-order valence-electron chi connectivity index (χ2n) is 6.16. The van der Waals surface area contributed by atoms with Crippen molar-refractivity contribution in [2.24, 2.45) is 11.7 Å². The highest BCUT2D eigenvalue weighted by atomic mass is 16.5. The summed E-state index contributed by atoms with van der Waals surface area (Å²) >= 11 is 0. The number of carbonyl (C=O) groups is 2. The van der Waals surface area contributed by atoms with Gasteiger partial charge in [0.2, 0.25) is 11.8 Å². The highest BCUT2D eigenvalue weighted by molar-refractivity contribution is 5.90. The average molecular weight is 320 g/mol. The van der Waals surface area contributed by atoms with Gasteiger partial charge < -0.3 is 20.5 Å². The molecule has 126 valence electrons. The molecule has 0 aliphatic heterocycles. The van der Waals surface area contributed by atoms with E-state index in [1.54, 1.807) is 26.2 Å². The third-order valence-corrected chi connectivity index (χ3v) is 4.33. The lowest BCUT2D eigenvalue weighted by Gasteiger charge is -2.36. The maximum absolute atomic E-state index is 12.2. The molecule has 2 rings (SSSR count). The van der Waals surface area contributed by atoms with Crippen LogP contribution >= 0.6 is 0 Å². The Morgan fingerprint density at radius 2 is 2.00 bits per heavy atom. The molecule has 0 bridgehead atoms. The molecule has 3 atom stereocenters. The van der Waals surface area contributed by atoms with Gasteiger partial charge in [0.05, 0.1) is 6.10 Å². The zero-order valence-corrected chi connectivity index (χ0v) is 13.6. The smallest absolute Gasteiger partial charge is 0.246 e. The van der Waals surface area contributed by atoms with Gasteiger partial charge in [-0.05, 0) is 37.8 Å². The minimum Gasteiger partial charge on any atom is -0.491 e. The van der Waals surface area contributed by atoms with E-state index in [-0.39, 0.29) is 24.5 Å². The number of nitrogens with one attached hydrogen (secondary N) is 1. The van der Waals surface area contributed by atoms with Crippen LogP contribution in [-0.4, -0.2) is 37.2 Å². The van der Waals surface area contributed by atoms with Crippen molar-refractivity contribution in [1.82, 2.24) is 5.32 Å². The number of rotatable bonds is 8. The Kier molecular flexibility index (Phi) is 5.60. The molecule has 1 aliphatic carbocycles. The quantitative estimate of drug-likeness (QED) is 0.754. The molecular weight excluding hydrogens is 296 g/mol. The minimum absolute atomic E-state index is 0.0174. The summed E-state index contributed by atoms with van der Waals surface area (Å²) < 4.78 is 10.9. The SMILES string of the molecule is COC1CCC1CC(=O)NC(C)(COc1ccccc1)C(N)=O. The molecule has 0 radical (unpaired) electrons. The third kappa shape index (κ3) is 4.45. The van der Waals surface area contributed by atoms with E-state index in [0.717, 1.165) is 12.8 Å². The predicted octanol–water partition coefficient (Wildman–Crippen LogP) is 1.24. The number of carbonyl (C=O) groups excluding carboxylic acids is 2. The lowest BCUT2D eigenvalue weighted by atomic mass is 9.79. The number of ether oxygens (including phenoxy) is 2. The fourth-order valence-electron chi connectivity index (χ4n) is 2.59. The summed E-state index contributed by atoms with van der Waals surface area (Å²) in [7, 11) is 1.65. The topological polar surface area (TPSA) is 90.7 Å². The zero-order chi connectivity index (χ0) is 16.9. The molecule has 1 fully saturated rings. The van der Waals surface area contributed by atoms with Crippen molar-refractivity contribution in [2.45, 2.75) is 37.8 Å². The van der Waals surface area contributed by atoms with Crippen LogP contribution in [-0.2, 0) is 14.3 Å². The molecule has 2 amide bonds. The molecule has 1 aliphatic rings. The molecule has 0 heterocycles. The molecule has 0 spiro atoms. The van der Waals surface area contributed by atoms with Crippen LogP contribution in [0.5, 0.6) is 5.75 Å². The summed E-state index contributed by atoms with van der Waals surface area (Å²) in [6, 6.07) is 9.09. The molecule has 3 N–H and O–H groups in total. The van der Waals surface area contributed by atoms with E-state index in [9.17, 15) is 9.59 Å². The number of hydrogen-bond acceptors (Lipinski definition) is 4. The van der Waals surface area contributed by atoms with E-state index in [2.05, 4.69) is 5.32 Å². The Hall–Kier alpha value is -2.08. The lowest BCUT2D eigenvalue weighted by molar-refractivity contribution is -0.134. The largest absolute Gasteiger partial charge is 0.491 e. The van der Waals surface area contributed by atoms with Gasteiger partial charge in [-0.3, -0.25) is 9.59 Å². The van der Waals surface area contributed by atoms with Crippen LogP contribution in [0.25, 0.3) is 0 Å². The molecule has 1 aromatic carbocycles. The molecule has 3 unspecified atom stereocenters. The predicted molar refractivity (Wildman–Crippen MR) is 85.8 cm³/mol. The third-order valence-electron chi connectivity index (χ3n) is 4.33. The molecule has 23 heavy (non-hydrogen) atoms. The number of primary amides is 1. The maximum Gasteiger partial charge on any atom is 0.246 e. The van der Waals surface area contributed by atoms with Crippen molar-refractivity contribution in [3.63, 3.8) is 0 Å². The van der Waals surface area contributed by atoms with Crippen LogP contribution in [0, 0.1) is 5.92 Å². The fraction of sp³-hybridized carbons (Fsp3) is 0.529. The molecule has 0 saturated heterocycles. The Morgan fingerprint density at radius 3 is 2.52 bits per heavy atom. The first kappa shape index (κ1) is 17.3. The summed E-state index contributed by atoms with van der Waals surface area (Å²) in [5.74, 6) is -0.0202. The summed E-state index contributed by atoms with van der Waals surface area (Å²) in [4.78, 5) is 24.0. The standard InChI is InChI=1S/C17H24N2O4/c1-17(16(18)21,11-23-13-6-4-3-5-7-13)19-15(20)10-12-8-9-14(12)22-2/h3-7,12,14H,8-11H2,1-2H3,(H2,18,21)(H,19,20). The second-order valence-corrected chi connectivity index (χ2v) is 6.16. The van der Waals surface area contributed by atoms with Crippen molar-refractivity contribution in [3.05, 3.63) is 30.3 Å². The highest BCUT2D eigenvalue weighted by Gasteiger charge is 2.37. The maximum atomic E-state index is 12.2. The highest BCUT2D eigenvalue weighted by Crippen LogP contribution is 2.32. The van der Waals surface area contributed by atoms with Gasteiger partial charge in [0, 0.05) is 13.5 Å². The van der Waals surface area contributed by atoms with Crippen LogP contribution in [0.3, 0.4) is 0 Å². The van der Waals surface area contributed by atoms with Gasteiger partial charge in [-0.2, -0.15) is 0 Å². The van der Waals surface area contributed by atoms with Gasteiger partial charge in [-0.25, -0.2) is 0 Å². The molecule has 1 aromatic rings. The van der Waals surface area contributed by atoms with Gasteiger partial charge >= 0.3 is 0 Å². The van der Waals surface area contributed by atoms with Crippen molar-refractivity contribution in [3.8, 4) is 5.75 Å². The van der Waals surface area contributed by atoms with E-state index in [1.807, 2.05) is 18.2 Å². The van der Waals surface area contributed by atoms with Crippen molar-refractivity contribution >= 4 is 11.8 Å². The Labute approximate surface area is 136 Å². The van der Waals surface area contributed by atoms with Crippen molar-refractivity contribution in [2.75, 3.05) is 13.7 Å². The van der Waals surface area contributed by atoms with Crippen LogP contribution in [0.2, 0.25) is 0 Å². The first-order valence-corrected chi connectivity index (χ1v) is 7.76. The number of para-hydroxylation sites is 1. The average Bonchev–Trinajstić information content (AvgIpc) is 2.51. The van der Waals surface area contributed by atoms with E-state index in [0.29, 0.717) is 12.2 Å². The Balaban J connectivity index is 1.91. The van der Waals surface area contributed by atoms with Crippen LogP contribution in [0.15, 0.2) is 30.3 Å². The second kappa shape index (κ2) is 7.46. The number of nitrogens with two attached hydrogens (primary N) is 1. The Bertz CT molecular complexity index is 547. The van der Waals surface area contributed by atoms with Crippen molar-refractivity contribution in [1.29, 1.82) is 0 Å². The van der Waals surface area contributed by atoms with E-state index >= 15 is 0 Å². The summed E-state index contributed by atoms with van der Waals surface area (Å²) in [6.45, 7) is 1.56. The first-order valence-electron chi connectivity index (χ1n) is 7.76. The minimum atomic E-state index is -1.25. The fourth-order valence-corrected chi connectivity index (χ4v) is 2.59. The van der Waals surface area contributed by atoms with Crippen LogP contribution in [0.1, 0.15) is 26.2 Å². The molecular formula is C17H24N2O4. The summed E-state index contributed by atoms with van der Waals surface area (Å²) in [5, 5.41) is 2.71. The van der Waals surface area contributed by atoms with Crippen LogP contribution in [0.4, 0.5) is 0 Å². The van der Waals surface area contributed by atoms with Gasteiger partial charge in [0.25, 0.3) is 0 Å². The van der Waals surface area contributed by atoms with Crippen molar-refractivity contribution < 1.29 is 19.1 Å². The molecule has 6 heteroatoms. The number of benzene rings is 1. The van der Waals surface area contributed by atoms with Gasteiger partial charge in [0.15, 0.2) is 0 Å². The van der Waals surface area contributed by atoms with Gasteiger partial charge in [0.1, 0.15) is 17.9 Å². The molecule has 6 nitrogen and oxygen atoms in total. The number of amides is 2. The monoisotopic (exact) mass is 320 g/mol. The van der Waals surface area contributed by atoms with Gasteiger partial charge in [-0.1, -0.05) is 18.2 Å². The van der Waals surface area contributed by atoms with E-state index in [1.165, 1.54) is 0 Å². The molecule has 0 aromatic heterocycles. The van der Waals surface area contributed by atoms with E-state index < -0.39 is 11.4 Å². The Morgan fingerprint density at radius 1 is 1.30 bits per heavy atom. The zero-order valence-electron chi connectivity index (χ0n) is 13.6. The summed E-state index contributed by atoms with van der Waals surface area (Å²) in [5.41, 5.74) is 4.21. The first-order chi connectivity index (χ1) is 10.9. The number of hydrogen-bond donors (Lipinski definition) is 2. The summed E-state index contributed by atoms with van der Waals surface area (Å²) in [6.07, 6.45) is 2.38. The van der Waals surface area contributed by atoms with Gasteiger partial charge in [-0.15, -0.1) is 0 Å². The molecule has 1 saturated carbocycles. The normalized spacial score (nSPS) is 22.5. The van der Waals surface area contributed by atoms with Crippen LogP contribution < -0.4 is 15.8 Å². The lowest BCUT2D eigenvalue weighted by Crippen LogP contribution is -2.59. The van der Waals surface area contributed by atoms with E-state index in [4.69, 9.17) is 15.2 Å².